The zero-order valence-electron chi connectivity index (χ0n) is 11.3. The van der Waals surface area contributed by atoms with Crippen LogP contribution in [0, 0.1) is 5.92 Å². The Bertz CT molecular complexity index is 756. The Hall–Kier alpha value is -1.43. The van der Waals surface area contributed by atoms with Gasteiger partial charge in [-0.15, -0.1) is 11.3 Å². The number of hydrazone groups is 1. The summed E-state index contributed by atoms with van der Waals surface area (Å²) < 4.78 is 0. The number of hydrogen-bond donors (Lipinski definition) is 0. The quantitative estimate of drug-likeness (QED) is 0.809. The molecule has 1 aliphatic rings. The van der Waals surface area contributed by atoms with Crippen molar-refractivity contribution < 1.29 is 4.79 Å². The fourth-order valence-electron chi connectivity index (χ4n) is 1.94. The first kappa shape index (κ1) is 14.5. The van der Waals surface area contributed by atoms with E-state index in [0.29, 0.717) is 15.2 Å². The van der Waals surface area contributed by atoms with Crippen molar-refractivity contribution in [3.05, 3.63) is 33.6 Å². The first-order chi connectivity index (χ1) is 9.97. The number of thiazole rings is 1. The monoisotopic (exact) mass is 339 g/mol. The number of amides is 1. The maximum absolute atomic E-state index is 12.1. The lowest BCUT2D eigenvalue weighted by atomic mass is 10.1. The largest absolute Gasteiger partial charge is 0.272 e. The van der Waals surface area contributed by atoms with Gasteiger partial charge in [-0.05, 0) is 26.0 Å². The standard InChI is InChI=1S/C14H11Cl2N3OS/c1-7-8(2)18-19(13(7)20)14-17-12(6-21-14)9-3-4-10(15)11(16)5-9/h3-7H,1-2H3/t7-/m0/s1. The lowest BCUT2D eigenvalue weighted by molar-refractivity contribution is -0.119. The fraction of sp³-hybridized carbons (Fsp3) is 0.214. The van der Waals surface area contributed by atoms with Gasteiger partial charge in [0.1, 0.15) is 0 Å². The molecular formula is C14H11Cl2N3OS. The van der Waals surface area contributed by atoms with Crippen molar-refractivity contribution >= 4 is 51.3 Å². The number of halogens is 2. The molecule has 7 heteroatoms. The van der Waals surface area contributed by atoms with Crippen molar-refractivity contribution in [2.45, 2.75) is 13.8 Å². The van der Waals surface area contributed by atoms with E-state index in [4.69, 9.17) is 23.2 Å². The molecule has 0 spiro atoms. The summed E-state index contributed by atoms with van der Waals surface area (Å²) in [5.41, 5.74) is 2.40. The minimum absolute atomic E-state index is 0.0532. The molecule has 4 nitrogen and oxygen atoms in total. The van der Waals surface area contributed by atoms with Gasteiger partial charge in [0.15, 0.2) is 0 Å². The maximum Gasteiger partial charge on any atom is 0.258 e. The van der Waals surface area contributed by atoms with Crippen LogP contribution in [-0.2, 0) is 4.79 Å². The molecule has 0 saturated carbocycles. The molecule has 0 radical (unpaired) electrons. The van der Waals surface area contributed by atoms with Crippen LogP contribution in [0.5, 0.6) is 0 Å². The van der Waals surface area contributed by atoms with E-state index in [0.717, 1.165) is 17.0 Å². The first-order valence-corrected chi connectivity index (χ1v) is 7.91. The topological polar surface area (TPSA) is 45.6 Å². The molecule has 1 atom stereocenters. The molecule has 0 unspecified atom stereocenters. The molecule has 0 N–H and O–H groups in total. The van der Waals surface area contributed by atoms with Crippen LogP contribution in [0.15, 0.2) is 28.7 Å². The summed E-state index contributed by atoms with van der Waals surface area (Å²) >= 11 is 13.3. The molecule has 3 rings (SSSR count). The van der Waals surface area contributed by atoms with Gasteiger partial charge < -0.3 is 0 Å². The third-order valence-corrected chi connectivity index (χ3v) is 4.91. The van der Waals surface area contributed by atoms with Gasteiger partial charge in [0.2, 0.25) is 5.13 Å². The molecule has 1 aromatic heterocycles. The Morgan fingerprint density at radius 1 is 1.29 bits per heavy atom. The van der Waals surface area contributed by atoms with E-state index < -0.39 is 0 Å². The Balaban J connectivity index is 1.94. The average Bonchev–Trinajstić information content (AvgIpc) is 3.03. The number of carbonyl (C=O) groups excluding carboxylic acids is 1. The van der Waals surface area contributed by atoms with Crippen LogP contribution in [0.25, 0.3) is 11.3 Å². The van der Waals surface area contributed by atoms with E-state index in [2.05, 4.69) is 10.1 Å². The molecule has 108 valence electrons. The van der Waals surface area contributed by atoms with Gasteiger partial charge >= 0.3 is 0 Å². The highest BCUT2D eigenvalue weighted by molar-refractivity contribution is 7.14. The molecule has 1 amide bonds. The maximum atomic E-state index is 12.1. The summed E-state index contributed by atoms with van der Waals surface area (Å²) in [5.74, 6) is -0.245. The highest BCUT2D eigenvalue weighted by Crippen LogP contribution is 2.33. The van der Waals surface area contributed by atoms with Crippen LogP contribution in [0.4, 0.5) is 5.13 Å². The summed E-state index contributed by atoms with van der Waals surface area (Å²) in [6.07, 6.45) is 0. The fourth-order valence-corrected chi connectivity index (χ4v) is 3.03. The number of anilines is 1. The Morgan fingerprint density at radius 3 is 2.67 bits per heavy atom. The summed E-state index contributed by atoms with van der Waals surface area (Å²) in [6, 6.07) is 5.32. The second-order valence-electron chi connectivity index (χ2n) is 4.76. The number of aromatic nitrogens is 1. The highest BCUT2D eigenvalue weighted by atomic mass is 35.5. The normalized spacial score (nSPS) is 18.3. The predicted molar refractivity (Wildman–Crippen MR) is 87.3 cm³/mol. The Kier molecular flexibility index (Phi) is 3.73. The minimum Gasteiger partial charge on any atom is -0.272 e. The van der Waals surface area contributed by atoms with E-state index in [1.165, 1.54) is 16.3 Å². The number of carbonyl (C=O) groups is 1. The van der Waals surface area contributed by atoms with Crippen LogP contribution >= 0.6 is 34.5 Å². The molecule has 1 aromatic carbocycles. The van der Waals surface area contributed by atoms with E-state index >= 15 is 0 Å². The molecule has 2 aromatic rings. The average molecular weight is 340 g/mol. The van der Waals surface area contributed by atoms with Gasteiger partial charge in [-0.2, -0.15) is 10.1 Å². The number of nitrogens with zero attached hydrogens (tertiary/aromatic N) is 3. The van der Waals surface area contributed by atoms with Gasteiger partial charge in [0.05, 0.1) is 21.7 Å². The van der Waals surface area contributed by atoms with Crippen molar-refractivity contribution in [2.75, 3.05) is 5.01 Å². The third-order valence-electron chi connectivity index (χ3n) is 3.35. The molecule has 0 bridgehead atoms. The molecular weight excluding hydrogens is 329 g/mol. The van der Waals surface area contributed by atoms with Crippen molar-refractivity contribution in [3.63, 3.8) is 0 Å². The van der Waals surface area contributed by atoms with Crippen molar-refractivity contribution in [3.8, 4) is 11.3 Å². The molecule has 0 saturated heterocycles. The Morgan fingerprint density at radius 2 is 2.05 bits per heavy atom. The summed E-state index contributed by atoms with van der Waals surface area (Å²) in [6.45, 7) is 3.69. The summed E-state index contributed by atoms with van der Waals surface area (Å²) in [5, 5.41) is 9.03. The van der Waals surface area contributed by atoms with E-state index in [1.807, 2.05) is 25.3 Å². The molecule has 1 aliphatic heterocycles. The van der Waals surface area contributed by atoms with Gasteiger partial charge in [-0.1, -0.05) is 29.3 Å². The zero-order chi connectivity index (χ0) is 15.1. The van der Waals surface area contributed by atoms with Gasteiger partial charge in [0.25, 0.3) is 5.91 Å². The van der Waals surface area contributed by atoms with Crippen LogP contribution in [-0.4, -0.2) is 16.6 Å². The third kappa shape index (κ3) is 2.57. The lowest BCUT2D eigenvalue weighted by Crippen LogP contribution is -2.24. The van der Waals surface area contributed by atoms with Crippen LogP contribution in [0.3, 0.4) is 0 Å². The number of rotatable bonds is 2. The van der Waals surface area contributed by atoms with Gasteiger partial charge in [-0.25, -0.2) is 4.98 Å². The molecule has 21 heavy (non-hydrogen) atoms. The number of benzene rings is 1. The van der Waals surface area contributed by atoms with E-state index in [1.54, 1.807) is 12.1 Å². The zero-order valence-corrected chi connectivity index (χ0v) is 13.6. The van der Waals surface area contributed by atoms with Crippen LogP contribution in [0.2, 0.25) is 10.0 Å². The SMILES string of the molecule is CC1=NN(c2nc(-c3ccc(Cl)c(Cl)c3)cs2)C(=O)[C@H]1C. The van der Waals surface area contributed by atoms with Crippen molar-refractivity contribution in [1.82, 2.24) is 4.98 Å². The van der Waals surface area contributed by atoms with Gasteiger partial charge in [-0.3, -0.25) is 4.79 Å². The Labute approximate surface area is 136 Å². The smallest absolute Gasteiger partial charge is 0.258 e. The second-order valence-corrected chi connectivity index (χ2v) is 6.41. The van der Waals surface area contributed by atoms with Crippen molar-refractivity contribution in [1.29, 1.82) is 0 Å². The molecule has 0 fully saturated rings. The predicted octanol–water partition coefficient (Wildman–Crippen LogP) is 4.48. The van der Waals surface area contributed by atoms with Crippen molar-refractivity contribution in [2.24, 2.45) is 11.0 Å². The second kappa shape index (κ2) is 5.40. The summed E-state index contributed by atoms with van der Waals surface area (Å²) in [7, 11) is 0. The van der Waals surface area contributed by atoms with Gasteiger partial charge in [0, 0.05) is 16.7 Å². The van der Waals surface area contributed by atoms with E-state index in [-0.39, 0.29) is 11.8 Å². The highest BCUT2D eigenvalue weighted by Gasteiger charge is 2.32. The molecule has 2 heterocycles. The lowest BCUT2D eigenvalue weighted by Gasteiger charge is -2.08. The summed E-state index contributed by atoms with van der Waals surface area (Å²) in [4.78, 5) is 16.6. The first-order valence-electron chi connectivity index (χ1n) is 6.27. The van der Waals surface area contributed by atoms with E-state index in [9.17, 15) is 4.79 Å². The number of hydrogen-bond acceptors (Lipinski definition) is 4. The van der Waals surface area contributed by atoms with Crippen LogP contribution in [0.1, 0.15) is 13.8 Å². The molecule has 0 aliphatic carbocycles. The minimum atomic E-state index is -0.192. The van der Waals surface area contributed by atoms with Crippen LogP contribution < -0.4 is 5.01 Å².